The zero-order valence-corrected chi connectivity index (χ0v) is 16.8. The number of nitrogens with one attached hydrogen (secondary N) is 1. The maximum absolute atomic E-state index is 12.3. The van der Waals surface area contributed by atoms with E-state index in [1.807, 2.05) is 28.8 Å². The average molecular weight is 419 g/mol. The lowest BCUT2D eigenvalue weighted by molar-refractivity contribution is -0.113. The molecule has 1 aliphatic rings. The van der Waals surface area contributed by atoms with Gasteiger partial charge in [-0.3, -0.25) is 14.7 Å². The lowest BCUT2D eigenvalue weighted by Gasteiger charge is -2.18. The normalized spacial score (nSPS) is 13.9. The summed E-state index contributed by atoms with van der Waals surface area (Å²) in [6.07, 6.45) is 2.26. The highest BCUT2D eigenvalue weighted by atomic mass is 35.5. The Bertz CT molecular complexity index is 982. The molecule has 28 heavy (non-hydrogen) atoms. The van der Waals surface area contributed by atoms with Crippen LogP contribution >= 0.6 is 23.4 Å². The van der Waals surface area contributed by atoms with E-state index in [4.69, 9.17) is 16.1 Å². The minimum absolute atomic E-state index is 0.165. The van der Waals surface area contributed by atoms with E-state index in [1.165, 1.54) is 11.8 Å². The Balaban J connectivity index is 1.55. The van der Waals surface area contributed by atoms with Crippen LogP contribution in [0, 0.1) is 6.92 Å². The van der Waals surface area contributed by atoms with Crippen LogP contribution in [0.15, 0.2) is 40.0 Å². The Kier molecular flexibility index (Phi) is 5.54. The van der Waals surface area contributed by atoms with E-state index >= 15 is 0 Å². The average Bonchev–Trinajstić information content (AvgIpc) is 3.40. The van der Waals surface area contributed by atoms with E-state index < -0.39 is 0 Å². The van der Waals surface area contributed by atoms with Crippen molar-refractivity contribution in [1.82, 2.24) is 19.9 Å². The monoisotopic (exact) mass is 418 g/mol. The summed E-state index contributed by atoms with van der Waals surface area (Å²) >= 11 is 7.50. The van der Waals surface area contributed by atoms with Gasteiger partial charge in [-0.2, -0.15) is 0 Å². The number of nitrogens with zero attached hydrogens (tertiary/aromatic N) is 5. The maximum atomic E-state index is 12.3. The van der Waals surface area contributed by atoms with Crippen molar-refractivity contribution in [2.24, 2.45) is 0 Å². The van der Waals surface area contributed by atoms with Crippen LogP contribution in [0.25, 0.3) is 5.69 Å². The third-order valence-corrected chi connectivity index (χ3v) is 5.46. The standard InChI is InChI=1S/C18H19ClN6O2S/c1-12-9-16(27-23-12)20-15(26)11-28-18-22-21-17(24-7-2-3-8-24)25(18)14-6-4-5-13(19)10-14/h4-6,9-10H,2-3,7-8,11H2,1H3,(H,20,26). The van der Waals surface area contributed by atoms with Gasteiger partial charge < -0.3 is 9.42 Å². The van der Waals surface area contributed by atoms with Crippen molar-refractivity contribution < 1.29 is 9.32 Å². The zero-order chi connectivity index (χ0) is 19.5. The zero-order valence-electron chi connectivity index (χ0n) is 15.3. The summed E-state index contributed by atoms with van der Waals surface area (Å²) in [5, 5.41) is 16.4. The molecule has 1 fully saturated rings. The molecule has 1 aliphatic heterocycles. The topological polar surface area (TPSA) is 89.1 Å². The molecule has 4 rings (SSSR count). The van der Waals surface area contributed by atoms with Crippen molar-refractivity contribution >= 4 is 41.1 Å². The van der Waals surface area contributed by atoms with Crippen LogP contribution in [0.2, 0.25) is 5.02 Å². The van der Waals surface area contributed by atoms with Gasteiger partial charge in [0.05, 0.1) is 17.1 Å². The molecule has 0 unspecified atom stereocenters. The Labute approximate surface area is 171 Å². The molecule has 0 bridgehead atoms. The molecule has 1 aromatic carbocycles. The summed E-state index contributed by atoms with van der Waals surface area (Å²) in [4.78, 5) is 14.5. The van der Waals surface area contributed by atoms with Crippen LogP contribution in [0.1, 0.15) is 18.5 Å². The van der Waals surface area contributed by atoms with Gasteiger partial charge in [-0.1, -0.05) is 34.6 Å². The Morgan fingerprint density at radius 3 is 2.82 bits per heavy atom. The van der Waals surface area contributed by atoms with E-state index in [1.54, 1.807) is 13.0 Å². The van der Waals surface area contributed by atoms with Crippen LogP contribution in [0.3, 0.4) is 0 Å². The number of amides is 1. The Morgan fingerprint density at radius 2 is 2.11 bits per heavy atom. The fourth-order valence-corrected chi connectivity index (χ4v) is 3.98. The van der Waals surface area contributed by atoms with Crippen LogP contribution in [0.4, 0.5) is 11.8 Å². The van der Waals surface area contributed by atoms with E-state index in [9.17, 15) is 4.79 Å². The van der Waals surface area contributed by atoms with E-state index in [2.05, 4.69) is 25.6 Å². The predicted octanol–water partition coefficient (Wildman–Crippen LogP) is 3.55. The first-order valence-corrected chi connectivity index (χ1v) is 10.3. The number of hydrogen-bond acceptors (Lipinski definition) is 7. The van der Waals surface area contributed by atoms with Crippen molar-refractivity contribution in [1.29, 1.82) is 0 Å². The first-order valence-electron chi connectivity index (χ1n) is 8.92. The number of thioether (sulfide) groups is 1. The summed E-state index contributed by atoms with van der Waals surface area (Å²) in [6.45, 7) is 3.67. The first-order chi connectivity index (χ1) is 13.6. The minimum atomic E-state index is -0.204. The third-order valence-electron chi connectivity index (χ3n) is 4.29. The lowest BCUT2D eigenvalue weighted by atomic mass is 10.3. The molecule has 0 atom stereocenters. The second kappa shape index (κ2) is 8.24. The first kappa shape index (κ1) is 18.8. The van der Waals surface area contributed by atoms with Gasteiger partial charge >= 0.3 is 0 Å². The SMILES string of the molecule is Cc1cc(NC(=O)CSc2nnc(N3CCCC3)n2-c2cccc(Cl)c2)on1. The van der Waals surface area contributed by atoms with Crippen LogP contribution < -0.4 is 10.2 Å². The van der Waals surface area contributed by atoms with Crippen molar-refractivity contribution in [3.8, 4) is 5.69 Å². The van der Waals surface area contributed by atoms with Crippen LogP contribution in [-0.4, -0.2) is 44.7 Å². The van der Waals surface area contributed by atoms with Crippen LogP contribution in [0.5, 0.6) is 0 Å². The largest absolute Gasteiger partial charge is 0.341 e. The summed E-state index contributed by atoms with van der Waals surface area (Å²) in [7, 11) is 0. The number of aromatic nitrogens is 4. The van der Waals surface area contributed by atoms with Gasteiger partial charge in [0.25, 0.3) is 0 Å². The molecule has 146 valence electrons. The number of rotatable bonds is 6. The summed E-state index contributed by atoms with van der Waals surface area (Å²) in [5.41, 5.74) is 1.58. The van der Waals surface area contributed by atoms with Gasteiger partial charge in [0.2, 0.25) is 17.7 Å². The van der Waals surface area contributed by atoms with Gasteiger partial charge in [0.15, 0.2) is 5.16 Å². The second-order valence-electron chi connectivity index (χ2n) is 6.46. The maximum Gasteiger partial charge on any atom is 0.237 e. The van der Waals surface area contributed by atoms with Crippen molar-refractivity contribution in [2.45, 2.75) is 24.9 Å². The Morgan fingerprint density at radius 1 is 1.29 bits per heavy atom. The Hall–Kier alpha value is -2.52. The number of benzene rings is 1. The molecule has 0 aliphatic carbocycles. The fourth-order valence-electron chi connectivity index (χ4n) is 3.04. The van der Waals surface area contributed by atoms with E-state index in [0.29, 0.717) is 21.8 Å². The molecule has 0 radical (unpaired) electrons. The number of carbonyl (C=O) groups excluding carboxylic acids is 1. The molecule has 1 amide bonds. The van der Waals surface area contributed by atoms with Gasteiger partial charge in [0.1, 0.15) is 0 Å². The van der Waals surface area contributed by atoms with Gasteiger partial charge in [-0.25, -0.2) is 0 Å². The number of aryl methyl sites for hydroxylation is 1. The summed E-state index contributed by atoms with van der Waals surface area (Å²) in [6, 6.07) is 9.20. The summed E-state index contributed by atoms with van der Waals surface area (Å²) in [5.74, 6) is 1.06. The number of carbonyl (C=O) groups is 1. The molecule has 1 N–H and O–H groups in total. The fraction of sp³-hybridized carbons (Fsp3) is 0.333. The highest BCUT2D eigenvalue weighted by Crippen LogP contribution is 2.29. The predicted molar refractivity (Wildman–Crippen MR) is 108 cm³/mol. The molecule has 2 aromatic heterocycles. The molecule has 0 spiro atoms. The number of anilines is 2. The molecule has 8 nitrogen and oxygen atoms in total. The minimum Gasteiger partial charge on any atom is -0.341 e. The van der Waals surface area contributed by atoms with Crippen molar-refractivity contribution in [3.05, 3.63) is 41.0 Å². The molecule has 3 aromatic rings. The van der Waals surface area contributed by atoms with Crippen LogP contribution in [-0.2, 0) is 4.79 Å². The van der Waals surface area contributed by atoms with Gasteiger partial charge in [0, 0.05) is 24.2 Å². The molecule has 0 saturated carbocycles. The molecule has 10 heteroatoms. The van der Waals surface area contributed by atoms with E-state index in [-0.39, 0.29) is 11.7 Å². The lowest BCUT2D eigenvalue weighted by Crippen LogP contribution is -2.22. The van der Waals surface area contributed by atoms with E-state index in [0.717, 1.165) is 37.6 Å². The summed E-state index contributed by atoms with van der Waals surface area (Å²) < 4.78 is 6.97. The highest BCUT2D eigenvalue weighted by molar-refractivity contribution is 7.99. The van der Waals surface area contributed by atoms with Crippen molar-refractivity contribution in [3.63, 3.8) is 0 Å². The van der Waals surface area contributed by atoms with Gasteiger partial charge in [-0.15, -0.1) is 10.2 Å². The highest BCUT2D eigenvalue weighted by Gasteiger charge is 2.23. The second-order valence-corrected chi connectivity index (χ2v) is 7.84. The number of halogens is 1. The van der Waals surface area contributed by atoms with Crippen molar-refractivity contribution in [2.75, 3.05) is 29.1 Å². The molecule has 3 heterocycles. The van der Waals surface area contributed by atoms with Gasteiger partial charge in [-0.05, 0) is 38.0 Å². The molecule has 1 saturated heterocycles. The molecular weight excluding hydrogens is 400 g/mol. The number of hydrogen-bond donors (Lipinski definition) is 1. The molecular formula is C18H19ClN6O2S. The third kappa shape index (κ3) is 4.15. The quantitative estimate of drug-likeness (QED) is 0.612. The smallest absolute Gasteiger partial charge is 0.237 e.